The van der Waals surface area contributed by atoms with E-state index < -0.39 is 0 Å². The van der Waals surface area contributed by atoms with Gasteiger partial charge in [0.05, 0.1) is 18.8 Å². The lowest BCUT2D eigenvalue weighted by Gasteiger charge is -2.06. The van der Waals surface area contributed by atoms with Crippen molar-refractivity contribution in [3.63, 3.8) is 0 Å². The summed E-state index contributed by atoms with van der Waals surface area (Å²) in [5.41, 5.74) is 1.53. The van der Waals surface area contributed by atoms with Gasteiger partial charge in [-0.2, -0.15) is 0 Å². The van der Waals surface area contributed by atoms with Crippen LogP contribution in [0.3, 0.4) is 0 Å². The van der Waals surface area contributed by atoms with Crippen LogP contribution in [0.4, 0.5) is 5.69 Å². The van der Waals surface area contributed by atoms with Gasteiger partial charge >= 0.3 is 5.97 Å². The molecule has 0 aliphatic heterocycles. The molecule has 4 nitrogen and oxygen atoms in total. The van der Waals surface area contributed by atoms with Crippen molar-refractivity contribution < 1.29 is 14.3 Å². The molecule has 0 amide bonds. The maximum Gasteiger partial charge on any atom is 0.338 e. The minimum Gasteiger partial charge on any atom is -0.462 e. The zero-order valence-electron chi connectivity index (χ0n) is 9.66. The van der Waals surface area contributed by atoms with E-state index in [-0.39, 0.29) is 5.97 Å². The maximum atomic E-state index is 11.4. The number of hydrogen-bond acceptors (Lipinski definition) is 4. The van der Waals surface area contributed by atoms with Gasteiger partial charge in [-0.1, -0.05) is 0 Å². The first-order valence-electron chi connectivity index (χ1n) is 5.28. The van der Waals surface area contributed by atoms with Crippen molar-refractivity contribution in [2.45, 2.75) is 6.92 Å². The highest BCUT2D eigenvalue weighted by Gasteiger charge is 2.04. The van der Waals surface area contributed by atoms with E-state index in [0.717, 1.165) is 12.2 Å². The lowest BCUT2D eigenvalue weighted by atomic mass is 10.2. The summed E-state index contributed by atoms with van der Waals surface area (Å²) in [6.07, 6.45) is 0. The Bertz CT molecular complexity index is 322. The number of benzene rings is 1. The summed E-state index contributed by atoms with van der Waals surface area (Å²) in [6, 6.07) is 7.18. The predicted octanol–water partition coefficient (Wildman–Crippen LogP) is 1.92. The Hall–Kier alpha value is -1.55. The van der Waals surface area contributed by atoms with Crippen LogP contribution in [-0.2, 0) is 9.47 Å². The summed E-state index contributed by atoms with van der Waals surface area (Å²) in [5.74, 6) is -0.286. The van der Waals surface area contributed by atoms with Crippen LogP contribution >= 0.6 is 0 Å². The molecule has 0 heterocycles. The van der Waals surface area contributed by atoms with E-state index >= 15 is 0 Å². The van der Waals surface area contributed by atoms with Crippen LogP contribution in [0, 0.1) is 0 Å². The SMILES string of the molecule is CCOC(=O)c1ccc(NCCOC)cc1. The van der Waals surface area contributed by atoms with E-state index in [1.54, 1.807) is 26.2 Å². The molecule has 1 aromatic rings. The molecule has 1 aromatic carbocycles. The molecule has 0 radical (unpaired) electrons. The molecule has 0 atom stereocenters. The molecule has 0 aromatic heterocycles. The van der Waals surface area contributed by atoms with Crippen LogP contribution in [0.5, 0.6) is 0 Å². The molecule has 0 aliphatic rings. The van der Waals surface area contributed by atoms with Crippen LogP contribution < -0.4 is 5.32 Å². The lowest BCUT2D eigenvalue weighted by molar-refractivity contribution is 0.0526. The first-order chi connectivity index (χ1) is 7.77. The van der Waals surface area contributed by atoms with Crippen molar-refractivity contribution in [1.82, 2.24) is 0 Å². The fraction of sp³-hybridized carbons (Fsp3) is 0.417. The van der Waals surface area contributed by atoms with E-state index in [1.165, 1.54) is 0 Å². The summed E-state index contributed by atoms with van der Waals surface area (Å²) in [7, 11) is 1.66. The molecule has 1 N–H and O–H groups in total. The molecule has 0 bridgehead atoms. The van der Waals surface area contributed by atoms with Gasteiger partial charge in [0.2, 0.25) is 0 Å². The van der Waals surface area contributed by atoms with E-state index in [1.807, 2.05) is 12.1 Å². The van der Waals surface area contributed by atoms with E-state index in [9.17, 15) is 4.79 Å². The Morgan fingerprint density at radius 1 is 1.31 bits per heavy atom. The Labute approximate surface area is 95.6 Å². The first kappa shape index (κ1) is 12.5. The molecule has 4 heteroatoms. The topological polar surface area (TPSA) is 47.6 Å². The second-order valence-electron chi connectivity index (χ2n) is 3.22. The molecule has 0 spiro atoms. The number of nitrogens with one attached hydrogen (secondary N) is 1. The van der Waals surface area contributed by atoms with Gasteiger partial charge in [0.1, 0.15) is 0 Å². The third-order valence-corrected chi connectivity index (χ3v) is 2.03. The fourth-order valence-electron chi connectivity index (χ4n) is 1.24. The minimum atomic E-state index is -0.286. The van der Waals surface area contributed by atoms with Crippen molar-refractivity contribution in [3.05, 3.63) is 29.8 Å². The van der Waals surface area contributed by atoms with Crippen molar-refractivity contribution in [2.24, 2.45) is 0 Å². The number of carbonyl (C=O) groups is 1. The molecule has 1 rings (SSSR count). The van der Waals surface area contributed by atoms with Crippen LogP contribution in [0.25, 0.3) is 0 Å². The summed E-state index contributed by atoms with van der Waals surface area (Å²) in [5, 5.41) is 3.17. The summed E-state index contributed by atoms with van der Waals surface area (Å²) < 4.78 is 9.81. The highest BCUT2D eigenvalue weighted by molar-refractivity contribution is 5.89. The first-order valence-corrected chi connectivity index (χ1v) is 5.28. The number of rotatable bonds is 6. The smallest absolute Gasteiger partial charge is 0.338 e. The number of ether oxygens (including phenoxy) is 2. The van der Waals surface area contributed by atoms with Gasteiger partial charge in [-0.25, -0.2) is 4.79 Å². The van der Waals surface area contributed by atoms with Gasteiger partial charge in [-0.15, -0.1) is 0 Å². The Morgan fingerprint density at radius 3 is 2.56 bits per heavy atom. The number of methoxy groups -OCH3 is 1. The third-order valence-electron chi connectivity index (χ3n) is 2.03. The van der Waals surface area contributed by atoms with E-state index in [2.05, 4.69) is 5.32 Å². The molecule has 0 saturated heterocycles. The zero-order valence-corrected chi connectivity index (χ0v) is 9.66. The zero-order chi connectivity index (χ0) is 11.8. The van der Waals surface area contributed by atoms with Gasteiger partial charge in [-0.05, 0) is 31.2 Å². The van der Waals surface area contributed by atoms with Gasteiger partial charge in [0.25, 0.3) is 0 Å². The van der Waals surface area contributed by atoms with E-state index in [0.29, 0.717) is 18.8 Å². The van der Waals surface area contributed by atoms with Crippen molar-refractivity contribution in [3.8, 4) is 0 Å². The number of esters is 1. The second-order valence-corrected chi connectivity index (χ2v) is 3.22. The molecule has 16 heavy (non-hydrogen) atoms. The van der Waals surface area contributed by atoms with Crippen LogP contribution in [0.2, 0.25) is 0 Å². The predicted molar refractivity (Wildman–Crippen MR) is 62.8 cm³/mol. The minimum absolute atomic E-state index is 0.286. The molecular weight excluding hydrogens is 206 g/mol. The van der Waals surface area contributed by atoms with E-state index in [4.69, 9.17) is 9.47 Å². The highest BCUT2D eigenvalue weighted by Crippen LogP contribution is 2.10. The quantitative estimate of drug-likeness (QED) is 0.591. The van der Waals surface area contributed by atoms with Crippen LogP contribution in [-0.4, -0.2) is 32.8 Å². The van der Waals surface area contributed by atoms with Gasteiger partial charge in [0.15, 0.2) is 0 Å². The maximum absolute atomic E-state index is 11.4. The summed E-state index contributed by atoms with van der Waals surface area (Å²) in [6.45, 7) is 3.58. The van der Waals surface area contributed by atoms with Gasteiger partial charge < -0.3 is 14.8 Å². The average Bonchev–Trinajstić information content (AvgIpc) is 2.30. The molecule has 0 unspecified atom stereocenters. The van der Waals surface area contributed by atoms with Gasteiger partial charge in [-0.3, -0.25) is 0 Å². The summed E-state index contributed by atoms with van der Waals surface area (Å²) in [4.78, 5) is 11.4. The Kier molecular flexibility index (Phi) is 5.36. The molecular formula is C12H17NO3. The molecule has 0 saturated carbocycles. The largest absolute Gasteiger partial charge is 0.462 e. The molecule has 0 aliphatic carbocycles. The van der Waals surface area contributed by atoms with Crippen LogP contribution in [0.15, 0.2) is 24.3 Å². The highest BCUT2D eigenvalue weighted by atomic mass is 16.5. The number of carbonyl (C=O) groups excluding carboxylic acids is 1. The van der Waals surface area contributed by atoms with Crippen LogP contribution in [0.1, 0.15) is 17.3 Å². The fourth-order valence-corrected chi connectivity index (χ4v) is 1.24. The molecule has 0 fully saturated rings. The Balaban J connectivity index is 2.50. The monoisotopic (exact) mass is 223 g/mol. The van der Waals surface area contributed by atoms with Crippen molar-refractivity contribution in [1.29, 1.82) is 0 Å². The van der Waals surface area contributed by atoms with Crippen molar-refractivity contribution >= 4 is 11.7 Å². The Morgan fingerprint density at radius 2 is 2.00 bits per heavy atom. The lowest BCUT2D eigenvalue weighted by Crippen LogP contribution is -2.08. The summed E-state index contributed by atoms with van der Waals surface area (Å²) >= 11 is 0. The van der Waals surface area contributed by atoms with Gasteiger partial charge in [0, 0.05) is 19.3 Å². The standard InChI is InChI=1S/C12H17NO3/c1-3-16-12(14)10-4-6-11(7-5-10)13-8-9-15-2/h4-7,13H,3,8-9H2,1-2H3. The number of hydrogen-bond donors (Lipinski definition) is 1. The number of anilines is 1. The average molecular weight is 223 g/mol. The second kappa shape index (κ2) is 6.85. The normalized spacial score (nSPS) is 9.88. The molecule has 88 valence electrons. The van der Waals surface area contributed by atoms with Crippen molar-refractivity contribution in [2.75, 3.05) is 32.2 Å². The third kappa shape index (κ3) is 3.90.